The molecule has 0 saturated carbocycles. The smallest absolute Gasteiger partial charge is 0.272 e. The minimum absolute atomic E-state index is 0.0817. The van der Waals surface area contributed by atoms with Gasteiger partial charge in [0.15, 0.2) is 12.5 Å². The van der Waals surface area contributed by atoms with Gasteiger partial charge in [0.05, 0.1) is 12.6 Å². The van der Waals surface area contributed by atoms with E-state index in [2.05, 4.69) is 4.98 Å². The molecule has 0 aromatic carbocycles. The highest BCUT2D eigenvalue weighted by atomic mass is 35.5. The molecule has 1 aromatic heterocycles. The van der Waals surface area contributed by atoms with Crippen LogP contribution in [0.15, 0.2) is 35.4 Å². The van der Waals surface area contributed by atoms with Gasteiger partial charge in [0.25, 0.3) is 12.3 Å². The maximum Gasteiger partial charge on any atom is 0.272 e. The van der Waals surface area contributed by atoms with Crippen molar-refractivity contribution in [1.82, 2.24) is 14.8 Å². The highest BCUT2D eigenvalue weighted by Gasteiger charge is 2.35. The van der Waals surface area contributed by atoms with Crippen LogP contribution in [0.2, 0.25) is 5.15 Å². The summed E-state index contributed by atoms with van der Waals surface area (Å²) in [5.41, 5.74) is 3.07. The molecular weight excluding hydrogens is 364 g/mol. The van der Waals surface area contributed by atoms with Crippen LogP contribution in [0.25, 0.3) is 0 Å². The summed E-state index contributed by atoms with van der Waals surface area (Å²) in [6.07, 6.45) is 0.911. The van der Waals surface area contributed by atoms with Crippen molar-refractivity contribution in [2.75, 3.05) is 20.2 Å². The Morgan fingerprint density at radius 2 is 2.12 bits per heavy atom. The Morgan fingerprint density at radius 3 is 2.73 bits per heavy atom. The SMILES string of the molecule is CC1=C(OCC(F)F)N(C)CC(C(C)N2Cc3c(ccnc3Cl)C2=O)=C1. The van der Waals surface area contributed by atoms with Crippen LogP contribution in [0.3, 0.4) is 0 Å². The lowest BCUT2D eigenvalue weighted by Crippen LogP contribution is -2.39. The molecule has 0 fully saturated rings. The number of allylic oxidation sites excluding steroid dienone is 2. The third-order valence-corrected chi connectivity index (χ3v) is 5.00. The lowest BCUT2D eigenvalue weighted by atomic mass is 10.0. The fraction of sp³-hybridized carbons (Fsp3) is 0.444. The first kappa shape index (κ1) is 18.6. The van der Waals surface area contributed by atoms with Gasteiger partial charge in [0.1, 0.15) is 5.15 Å². The lowest BCUT2D eigenvalue weighted by Gasteiger charge is -2.34. The second kappa shape index (κ2) is 7.23. The number of hydrogen-bond donors (Lipinski definition) is 0. The van der Waals surface area contributed by atoms with Gasteiger partial charge in [-0.25, -0.2) is 13.8 Å². The average Bonchev–Trinajstić information content (AvgIpc) is 2.91. The number of rotatable bonds is 5. The third kappa shape index (κ3) is 3.40. The normalized spacial score (nSPS) is 18.4. The van der Waals surface area contributed by atoms with Crippen LogP contribution in [0.5, 0.6) is 0 Å². The molecule has 3 rings (SSSR count). The molecule has 3 heterocycles. The molecule has 0 spiro atoms. The number of nitrogens with zero attached hydrogens (tertiary/aromatic N) is 3. The van der Waals surface area contributed by atoms with Crippen LogP contribution in [-0.2, 0) is 11.3 Å². The molecule has 1 aromatic rings. The van der Waals surface area contributed by atoms with Crippen molar-refractivity contribution in [3.05, 3.63) is 51.6 Å². The van der Waals surface area contributed by atoms with Crippen molar-refractivity contribution in [1.29, 1.82) is 0 Å². The summed E-state index contributed by atoms with van der Waals surface area (Å²) in [5, 5.41) is 0.346. The minimum atomic E-state index is -2.52. The van der Waals surface area contributed by atoms with Crippen molar-refractivity contribution in [2.45, 2.75) is 32.9 Å². The van der Waals surface area contributed by atoms with Crippen LogP contribution in [-0.4, -0.2) is 53.4 Å². The molecule has 5 nitrogen and oxygen atoms in total. The van der Waals surface area contributed by atoms with Crippen molar-refractivity contribution in [2.24, 2.45) is 0 Å². The molecule has 1 atom stereocenters. The lowest BCUT2D eigenvalue weighted by molar-refractivity contribution is 0.0221. The van der Waals surface area contributed by atoms with Crippen LogP contribution in [0.4, 0.5) is 8.78 Å². The molecule has 0 saturated heterocycles. The summed E-state index contributed by atoms with van der Waals surface area (Å²) >= 11 is 6.12. The van der Waals surface area contributed by atoms with Crippen LogP contribution in [0.1, 0.15) is 29.8 Å². The first-order valence-electron chi connectivity index (χ1n) is 8.27. The largest absolute Gasteiger partial charge is 0.473 e. The number of ether oxygens (including phenoxy) is 1. The van der Waals surface area contributed by atoms with Gasteiger partial charge >= 0.3 is 0 Å². The van der Waals surface area contributed by atoms with Gasteiger partial charge in [-0.3, -0.25) is 4.79 Å². The van der Waals surface area contributed by atoms with E-state index in [0.717, 1.165) is 16.7 Å². The molecule has 0 radical (unpaired) electrons. The number of carbonyl (C=O) groups excluding carboxylic acids is 1. The zero-order valence-electron chi connectivity index (χ0n) is 14.8. The van der Waals surface area contributed by atoms with Crippen molar-refractivity contribution in [3.63, 3.8) is 0 Å². The zero-order valence-corrected chi connectivity index (χ0v) is 15.6. The van der Waals surface area contributed by atoms with Crippen molar-refractivity contribution < 1.29 is 18.3 Å². The van der Waals surface area contributed by atoms with E-state index in [9.17, 15) is 13.6 Å². The number of fused-ring (bicyclic) bond motifs is 1. The van der Waals surface area contributed by atoms with E-state index in [-0.39, 0.29) is 11.9 Å². The van der Waals surface area contributed by atoms with Gasteiger partial charge in [-0.05, 0) is 25.5 Å². The van der Waals surface area contributed by atoms with Gasteiger partial charge in [0.2, 0.25) is 0 Å². The monoisotopic (exact) mass is 383 g/mol. The Hall–Kier alpha value is -2.15. The second-order valence-corrected chi connectivity index (χ2v) is 6.86. The fourth-order valence-corrected chi connectivity index (χ4v) is 3.60. The molecule has 8 heteroatoms. The van der Waals surface area contributed by atoms with Crippen molar-refractivity contribution >= 4 is 17.5 Å². The summed E-state index contributed by atoms with van der Waals surface area (Å²) < 4.78 is 30.0. The summed E-state index contributed by atoms with van der Waals surface area (Å²) in [4.78, 5) is 20.3. The molecule has 2 aliphatic heterocycles. The fourth-order valence-electron chi connectivity index (χ4n) is 3.38. The Bertz CT molecular complexity index is 795. The van der Waals surface area contributed by atoms with Crippen LogP contribution < -0.4 is 0 Å². The van der Waals surface area contributed by atoms with Gasteiger partial charge in [-0.1, -0.05) is 17.7 Å². The molecule has 2 aliphatic rings. The number of pyridine rings is 1. The standard InChI is InChI=1S/C18H20ClF2N3O2/c1-10-6-12(7-23(3)18(10)26-9-15(20)21)11(2)24-8-14-13(17(24)25)4-5-22-16(14)19/h4-6,11,15H,7-9H2,1-3H3. The summed E-state index contributed by atoms with van der Waals surface area (Å²) in [6.45, 7) is 4.01. The maximum atomic E-state index is 12.7. The molecule has 1 unspecified atom stereocenters. The minimum Gasteiger partial charge on any atom is -0.473 e. The Labute approximate surface area is 155 Å². The second-order valence-electron chi connectivity index (χ2n) is 6.50. The predicted octanol–water partition coefficient (Wildman–Crippen LogP) is 3.46. The zero-order chi connectivity index (χ0) is 19.0. The molecule has 0 bridgehead atoms. The Kier molecular flexibility index (Phi) is 5.18. The number of alkyl halides is 2. The molecule has 1 amide bonds. The summed E-state index contributed by atoms with van der Waals surface area (Å²) in [5.74, 6) is 0.353. The van der Waals surface area contributed by atoms with Gasteiger partial charge < -0.3 is 14.5 Å². The number of halogens is 3. The number of carbonyl (C=O) groups is 1. The Morgan fingerprint density at radius 1 is 1.38 bits per heavy atom. The quantitative estimate of drug-likeness (QED) is 0.730. The van der Waals surface area contributed by atoms with E-state index < -0.39 is 13.0 Å². The molecule has 26 heavy (non-hydrogen) atoms. The van der Waals surface area contributed by atoms with E-state index in [1.165, 1.54) is 6.20 Å². The molecule has 140 valence electrons. The van der Waals surface area contributed by atoms with E-state index in [0.29, 0.717) is 29.7 Å². The maximum absolute atomic E-state index is 12.7. The number of hydrogen-bond acceptors (Lipinski definition) is 4. The number of likely N-dealkylation sites (N-methyl/N-ethyl adjacent to an activating group) is 1. The van der Waals surface area contributed by atoms with Crippen molar-refractivity contribution in [3.8, 4) is 0 Å². The first-order chi connectivity index (χ1) is 12.3. The number of amides is 1. The van der Waals surface area contributed by atoms with Crippen LogP contribution in [0, 0.1) is 0 Å². The molecule has 0 aliphatic carbocycles. The average molecular weight is 384 g/mol. The van der Waals surface area contributed by atoms with E-state index in [1.807, 2.05) is 19.9 Å². The topological polar surface area (TPSA) is 45.7 Å². The molecular formula is C18H20ClF2N3O2. The summed E-state index contributed by atoms with van der Waals surface area (Å²) in [7, 11) is 1.78. The highest BCUT2D eigenvalue weighted by Crippen LogP contribution is 2.32. The van der Waals surface area contributed by atoms with E-state index >= 15 is 0 Å². The Balaban J connectivity index is 1.81. The third-order valence-electron chi connectivity index (χ3n) is 4.68. The van der Waals surface area contributed by atoms with E-state index in [4.69, 9.17) is 16.3 Å². The van der Waals surface area contributed by atoms with Gasteiger partial charge in [0, 0.05) is 36.5 Å². The van der Waals surface area contributed by atoms with Gasteiger partial charge in [-0.15, -0.1) is 0 Å². The van der Waals surface area contributed by atoms with E-state index in [1.54, 1.807) is 22.9 Å². The predicted molar refractivity (Wildman–Crippen MR) is 94.0 cm³/mol. The highest BCUT2D eigenvalue weighted by molar-refractivity contribution is 6.30. The summed E-state index contributed by atoms with van der Waals surface area (Å²) in [6, 6.07) is 1.51. The first-order valence-corrected chi connectivity index (χ1v) is 8.65. The molecule has 0 N–H and O–H groups in total. The number of aromatic nitrogens is 1. The van der Waals surface area contributed by atoms with Crippen LogP contribution >= 0.6 is 11.6 Å². The van der Waals surface area contributed by atoms with Gasteiger partial charge in [-0.2, -0.15) is 0 Å².